The molecule has 30 heavy (non-hydrogen) atoms. The van der Waals surface area contributed by atoms with E-state index in [1.165, 1.54) is 0 Å². The van der Waals surface area contributed by atoms with Crippen LogP contribution in [0.25, 0.3) is 0 Å². The highest BCUT2D eigenvalue weighted by Gasteiger charge is 2.41. The summed E-state index contributed by atoms with van der Waals surface area (Å²) in [5.74, 6) is -0.311. The maximum atomic E-state index is 13.1. The number of hydrogen-bond donors (Lipinski definition) is 0. The summed E-state index contributed by atoms with van der Waals surface area (Å²) in [6.07, 6.45) is 1.55. The monoisotopic (exact) mass is 423 g/mol. The number of rotatable bonds is 7. The van der Waals surface area contributed by atoms with Crippen molar-refractivity contribution in [3.8, 4) is 0 Å². The molecule has 0 aliphatic carbocycles. The van der Waals surface area contributed by atoms with Crippen LogP contribution >= 0.6 is 11.3 Å². The van der Waals surface area contributed by atoms with E-state index in [0.717, 1.165) is 34.7 Å². The second-order valence-electron chi connectivity index (χ2n) is 7.38. The molecule has 4 rings (SSSR count). The number of carbonyl (C=O) groups is 1. The Morgan fingerprint density at radius 1 is 1.07 bits per heavy atom. The fraction of sp³-hybridized carbons (Fsp3) is 0.333. The molecule has 1 aliphatic rings. The van der Waals surface area contributed by atoms with E-state index in [4.69, 9.17) is 19.2 Å². The second-order valence-corrected chi connectivity index (χ2v) is 8.24. The fourth-order valence-corrected chi connectivity index (χ4v) is 5.02. The van der Waals surface area contributed by atoms with E-state index in [0.29, 0.717) is 25.4 Å². The molecule has 2 heterocycles. The Morgan fingerprint density at radius 3 is 2.57 bits per heavy atom. The fourth-order valence-electron chi connectivity index (χ4n) is 3.94. The Balaban J connectivity index is 1.67. The van der Waals surface area contributed by atoms with Gasteiger partial charge in [-0.25, -0.2) is 9.78 Å². The van der Waals surface area contributed by atoms with Gasteiger partial charge in [-0.1, -0.05) is 48.5 Å². The summed E-state index contributed by atoms with van der Waals surface area (Å²) in [5, 5.41) is 3.04. The first-order chi connectivity index (χ1) is 14.7. The summed E-state index contributed by atoms with van der Waals surface area (Å²) in [4.78, 5) is 17.9. The molecular weight excluding hydrogens is 398 g/mol. The van der Waals surface area contributed by atoms with Crippen LogP contribution in [-0.4, -0.2) is 31.3 Å². The predicted molar refractivity (Wildman–Crippen MR) is 116 cm³/mol. The van der Waals surface area contributed by atoms with Crippen molar-refractivity contribution >= 4 is 17.3 Å². The molecule has 1 aliphatic heterocycles. The smallest absolute Gasteiger partial charge is 0.338 e. The summed E-state index contributed by atoms with van der Waals surface area (Å²) in [6.45, 7) is 1.99. The van der Waals surface area contributed by atoms with Gasteiger partial charge in [0.1, 0.15) is 11.6 Å². The standard InChI is InChI=1S/C24H25NO4S/c1-27-16-19-17-30-23(25-19)24(11-13-28-14-12-24)21-10-6-5-9-20(21)22(26)29-15-18-7-3-2-4-8-18/h2-10,17H,11-16H2,1H3. The number of methoxy groups -OCH3 is 1. The lowest BCUT2D eigenvalue weighted by Gasteiger charge is -2.37. The maximum absolute atomic E-state index is 13.1. The number of nitrogens with zero attached hydrogens (tertiary/aromatic N) is 1. The second kappa shape index (κ2) is 9.51. The third kappa shape index (κ3) is 4.31. The number of aromatic nitrogens is 1. The molecule has 0 atom stereocenters. The molecule has 1 aromatic heterocycles. The molecule has 0 radical (unpaired) electrons. The molecule has 0 bridgehead atoms. The minimum Gasteiger partial charge on any atom is -0.457 e. The van der Waals surface area contributed by atoms with Gasteiger partial charge in [0.05, 0.1) is 23.3 Å². The number of hydrogen-bond acceptors (Lipinski definition) is 6. The summed E-state index contributed by atoms with van der Waals surface area (Å²) >= 11 is 1.62. The molecule has 3 aromatic rings. The minimum absolute atomic E-state index is 0.249. The van der Waals surface area contributed by atoms with E-state index in [9.17, 15) is 4.79 Å². The average Bonchev–Trinajstić information content (AvgIpc) is 3.28. The van der Waals surface area contributed by atoms with Crippen LogP contribution < -0.4 is 0 Å². The van der Waals surface area contributed by atoms with Gasteiger partial charge in [-0.3, -0.25) is 0 Å². The zero-order valence-electron chi connectivity index (χ0n) is 17.0. The topological polar surface area (TPSA) is 57.7 Å². The summed E-state index contributed by atoms with van der Waals surface area (Å²) in [5.41, 5.74) is 3.07. The predicted octanol–water partition coefficient (Wildman–Crippen LogP) is 4.74. The lowest BCUT2D eigenvalue weighted by atomic mass is 9.73. The number of benzene rings is 2. The molecule has 0 spiro atoms. The first-order valence-corrected chi connectivity index (χ1v) is 10.9. The zero-order chi connectivity index (χ0) is 20.8. The Labute approximate surface area is 180 Å². The largest absolute Gasteiger partial charge is 0.457 e. The Kier molecular flexibility index (Phi) is 6.57. The van der Waals surface area contributed by atoms with Crippen LogP contribution in [0.5, 0.6) is 0 Å². The van der Waals surface area contributed by atoms with Crippen molar-refractivity contribution in [2.75, 3.05) is 20.3 Å². The first-order valence-electron chi connectivity index (χ1n) is 10.0. The number of thiazole rings is 1. The summed E-state index contributed by atoms with van der Waals surface area (Å²) < 4.78 is 16.6. The molecule has 0 saturated carbocycles. The average molecular weight is 424 g/mol. The van der Waals surface area contributed by atoms with Crippen LogP contribution in [0.3, 0.4) is 0 Å². The van der Waals surface area contributed by atoms with Gasteiger partial charge in [0, 0.05) is 25.7 Å². The normalized spacial score (nSPS) is 15.6. The first kappa shape index (κ1) is 20.7. The van der Waals surface area contributed by atoms with Crippen LogP contribution in [0.1, 0.15) is 45.0 Å². The zero-order valence-corrected chi connectivity index (χ0v) is 17.8. The summed E-state index contributed by atoms with van der Waals surface area (Å²) in [7, 11) is 1.67. The van der Waals surface area contributed by atoms with Crippen molar-refractivity contribution in [2.24, 2.45) is 0 Å². The Bertz CT molecular complexity index is 980. The lowest BCUT2D eigenvalue weighted by molar-refractivity contribution is 0.0454. The van der Waals surface area contributed by atoms with Gasteiger partial charge >= 0.3 is 5.97 Å². The van der Waals surface area contributed by atoms with Gasteiger partial charge in [0.2, 0.25) is 0 Å². The molecular formula is C24H25NO4S. The molecule has 0 N–H and O–H groups in total. The van der Waals surface area contributed by atoms with E-state index in [1.54, 1.807) is 18.4 Å². The molecule has 0 amide bonds. The Morgan fingerprint density at radius 2 is 1.80 bits per heavy atom. The molecule has 156 valence electrons. The highest BCUT2D eigenvalue weighted by Crippen LogP contribution is 2.44. The molecule has 1 fully saturated rings. The van der Waals surface area contributed by atoms with E-state index < -0.39 is 0 Å². The third-order valence-corrected chi connectivity index (χ3v) is 6.57. The van der Waals surface area contributed by atoms with Crippen LogP contribution in [0.2, 0.25) is 0 Å². The maximum Gasteiger partial charge on any atom is 0.338 e. The molecule has 0 unspecified atom stereocenters. The summed E-state index contributed by atoms with van der Waals surface area (Å²) in [6, 6.07) is 17.5. The molecule has 5 nitrogen and oxygen atoms in total. The van der Waals surface area contributed by atoms with Gasteiger partial charge in [0.15, 0.2) is 0 Å². The van der Waals surface area contributed by atoms with E-state index in [2.05, 4.69) is 0 Å². The van der Waals surface area contributed by atoms with Crippen LogP contribution in [0.15, 0.2) is 60.0 Å². The van der Waals surface area contributed by atoms with E-state index in [1.807, 2.05) is 60.0 Å². The number of carbonyl (C=O) groups excluding carboxylic acids is 1. The quantitative estimate of drug-likeness (QED) is 0.514. The van der Waals surface area contributed by atoms with Crippen molar-refractivity contribution in [1.29, 1.82) is 0 Å². The third-order valence-electron chi connectivity index (χ3n) is 5.48. The van der Waals surface area contributed by atoms with Crippen molar-refractivity contribution in [1.82, 2.24) is 4.98 Å². The molecule has 1 saturated heterocycles. The number of ether oxygens (including phenoxy) is 3. The van der Waals surface area contributed by atoms with Gasteiger partial charge in [-0.15, -0.1) is 11.3 Å². The van der Waals surface area contributed by atoms with Gasteiger partial charge in [-0.05, 0) is 30.0 Å². The van der Waals surface area contributed by atoms with E-state index >= 15 is 0 Å². The van der Waals surface area contributed by atoms with E-state index in [-0.39, 0.29) is 18.0 Å². The minimum atomic E-state index is -0.364. The van der Waals surface area contributed by atoms with Crippen molar-refractivity contribution in [3.05, 3.63) is 87.4 Å². The van der Waals surface area contributed by atoms with Crippen molar-refractivity contribution in [3.63, 3.8) is 0 Å². The van der Waals surface area contributed by atoms with Crippen molar-refractivity contribution in [2.45, 2.75) is 31.5 Å². The van der Waals surface area contributed by atoms with Crippen molar-refractivity contribution < 1.29 is 19.0 Å². The highest BCUT2D eigenvalue weighted by molar-refractivity contribution is 7.09. The number of esters is 1. The van der Waals surface area contributed by atoms with Gasteiger partial charge < -0.3 is 14.2 Å². The van der Waals surface area contributed by atoms with Crippen LogP contribution in [-0.2, 0) is 32.8 Å². The molecule has 6 heteroatoms. The van der Waals surface area contributed by atoms with Crippen LogP contribution in [0.4, 0.5) is 0 Å². The Hall–Kier alpha value is -2.54. The van der Waals surface area contributed by atoms with Crippen LogP contribution in [0, 0.1) is 0 Å². The highest BCUT2D eigenvalue weighted by atomic mass is 32.1. The molecule has 2 aromatic carbocycles. The lowest BCUT2D eigenvalue weighted by Crippen LogP contribution is -2.36. The SMILES string of the molecule is COCc1csc(C2(c3ccccc3C(=O)OCc3ccccc3)CCOCC2)n1. The van der Waals surface area contributed by atoms with Gasteiger partial charge in [0.25, 0.3) is 0 Å². The van der Waals surface area contributed by atoms with Gasteiger partial charge in [-0.2, -0.15) is 0 Å².